The van der Waals surface area contributed by atoms with Crippen LogP contribution in [0.1, 0.15) is 5.56 Å². The summed E-state index contributed by atoms with van der Waals surface area (Å²) in [5.41, 5.74) is 2.98. The number of aliphatic hydroxyl groups is 1. The van der Waals surface area contributed by atoms with Crippen LogP contribution in [0.25, 0.3) is 11.1 Å². The third kappa shape index (κ3) is 8.89. The van der Waals surface area contributed by atoms with E-state index in [4.69, 9.17) is 29.2 Å². The molecule has 35 heavy (non-hydrogen) atoms. The van der Waals surface area contributed by atoms with Crippen molar-refractivity contribution in [2.24, 2.45) is 0 Å². The maximum Gasteiger partial charge on any atom is 0.490 e. The molecule has 0 unspecified atom stereocenters. The molecule has 1 heterocycles. The number of carbonyl (C=O) groups excluding carboxylic acids is 1. The molecule has 0 aliphatic heterocycles. The van der Waals surface area contributed by atoms with E-state index in [1.165, 1.54) is 0 Å². The number of ether oxygens (including phenoxy) is 3. The number of nitrogens with one attached hydrogen (secondary N) is 2. The van der Waals surface area contributed by atoms with Gasteiger partial charge in [0.25, 0.3) is 0 Å². The molecule has 0 saturated carbocycles. The maximum absolute atomic E-state index is 12.2. The van der Waals surface area contributed by atoms with Crippen LogP contribution in [0, 0.1) is 0 Å². The van der Waals surface area contributed by atoms with Gasteiger partial charge in [-0.1, -0.05) is 18.2 Å². The molecule has 0 spiro atoms. The van der Waals surface area contributed by atoms with Crippen molar-refractivity contribution < 1.29 is 47.2 Å². The van der Waals surface area contributed by atoms with E-state index in [9.17, 15) is 18.0 Å². The number of nitrogens with zero attached hydrogens (tertiary/aromatic N) is 1. The quantitative estimate of drug-likeness (QED) is 0.368. The molecule has 10 nitrogen and oxygen atoms in total. The second-order valence-electron chi connectivity index (χ2n) is 6.63. The van der Waals surface area contributed by atoms with Crippen molar-refractivity contribution in [3.05, 3.63) is 60.4 Å². The fourth-order valence-corrected chi connectivity index (χ4v) is 2.55. The van der Waals surface area contributed by atoms with E-state index in [0.717, 1.165) is 16.7 Å². The molecule has 2 aromatic carbocycles. The highest BCUT2D eigenvalue weighted by Gasteiger charge is 2.38. The van der Waals surface area contributed by atoms with Gasteiger partial charge >= 0.3 is 18.2 Å². The smallest absolute Gasteiger partial charge is 0.490 e. The van der Waals surface area contributed by atoms with Gasteiger partial charge in [-0.25, -0.2) is 9.59 Å². The minimum Gasteiger partial charge on any atom is -0.497 e. The molecule has 3 rings (SSSR count). The van der Waals surface area contributed by atoms with Crippen LogP contribution in [0.4, 0.5) is 23.7 Å². The van der Waals surface area contributed by atoms with Gasteiger partial charge in [0.2, 0.25) is 0 Å². The third-order valence-corrected chi connectivity index (χ3v) is 4.15. The standard InChI is InChI=1S/C20H21N3O5.C2HF3O2/c1-26-17-4-2-3-14(9-17)13-28-20(25)23-18-6-5-15(16-11-21-22-12-16)10-19(18)27-8-7-24;3-2(4,5)1(6)7/h2-6,9-12,24H,7-8,13H2,1H3,(H,21,22)(H,23,25);(H,6,7). The van der Waals surface area contributed by atoms with Crippen LogP contribution in [0.5, 0.6) is 11.5 Å². The van der Waals surface area contributed by atoms with E-state index in [-0.39, 0.29) is 19.8 Å². The highest BCUT2D eigenvalue weighted by atomic mass is 19.4. The Bertz CT molecular complexity index is 1110. The van der Waals surface area contributed by atoms with Crippen LogP contribution in [-0.2, 0) is 16.1 Å². The van der Waals surface area contributed by atoms with Gasteiger partial charge < -0.3 is 24.4 Å². The van der Waals surface area contributed by atoms with Crippen LogP contribution in [0.15, 0.2) is 54.9 Å². The molecule has 1 amide bonds. The molecule has 0 aliphatic rings. The first-order chi connectivity index (χ1) is 16.6. The number of carbonyl (C=O) groups is 2. The van der Waals surface area contributed by atoms with Crippen LogP contribution in [-0.4, -0.2) is 59.0 Å². The van der Waals surface area contributed by atoms with E-state index in [1.807, 2.05) is 24.3 Å². The fourth-order valence-electron chi connectivity index (χ4n) is 2.55. The highest BCUT2D eigenvalue weighted by molar-refractivity contribution is 5.87. The second-order valence-corrected chi connectivity index (χ2v) is 6.63. The molecule has 0 aliphatic carbocycles. The Morgan fingerprint density at radius 3 is 2.49 bits per heavy atom. The molecule has 3 aromatic rings. The monoisotopic (exact) mass is 497 g/mol. The zero-order valence-electron chi connectivity index (χ0n) is 18.3. The van der Waals surface area contributed by atoms with E-state index >= 15 is 0 Å². The molecular formula is C22H22F3N3O7. The first kappa shape index (κ1) is 27.0. The van der Waals surface area contributed by atoms with Gasteiger partial charge in [-0.15, -0.1) is 0 Å². The summed E-state index contributed by atoms with van der Waals surface area (Å²) in [5.74, 6) is -1.64. The Morgan fingerprint density at radius 2 is 1.89 bits per heavy atom. The predicted octanol–water partition coefficient (Wildman–Crippen LogP) is 3.84. The van der Waals surface area contributed by atoms with Gasteiger partial charge in [-0.3, -0.25) is 10.4 Å². The lowest BCUT2D eigenvalue weighted by Gasteiger charge is -2.14. The number of amides is 1. The number of aliphatic hydroxyl groups excluding tert-OH is 1. The van der Waals surface area contributed by atoms with Crippen LogP contribution < -0.4 is 14.8 Å². The summed E-state index contributed by atoms with van der Waals surface area (Å²) in [6.45, 7) is 0.0566. The lowest BCUT2D eigenvalue weighted by Crippen LogP contribution is -2.21. The number of hydrogen-bond donors (Lipinski definition) is 4. The van der Waals surface area contributed by atoms with Gasteiger partial charge in [0.1, 0.15) is 24.7 Å². The highest BCUT2D eigenvalue weighted by Crippen LogP contribution is 2.31. The Balaban J connectivity index is 0.000000540. The Labute approximate surface area is 197 Å². The van der Waals surface area contributed by atoms with Gasteiger partial charge in [-0.05, 0) is 35.4 Å². The van der Waals surface area contributed by atoms with Crippen molar-refractivity contribution in [2.45, 2.75) is 12.8 Å². The average molecular weight is 497 g/mol. The number of carboxylic acids is 1. The first-order valence-corrected chi connectivity index (χ1v) is 9.87. The molecule has 1 aromatic heterocycles. The number of aromatic amines is 1. The van der Waals surface area contributed by atoms with Crippen molar-refractivity contribution in [2.75, 3.05) is 25.6 Å². The molecule has 0 bridgehead atoms. The number of hydrogen-bond acceptors (Lipinski definition) is 7. The molecule has 0 saturated heterocycles. The number of aliphatic carboxylic acids is 1. The fraction of sp³-hybridized carbons (Fsp3) is 0.227. The molecule has 0 radical (unpaired) electrons. The zero-order valence-corrected chi connectivity index (χ0v) is 18.3. The summed E-state index contributed by atoms with van der Waals surface area (Å²) in [4.78, 5) is 21.1. The van der Waals surface area contributed by atoms with Gasteiger partial charge in [0.05, 0.1) is 25.6 Å². The minimum absolute atomic E-state index is 0.0996. The normalized spacial score (nSPS) is 10.5. The van der Waals surface area contributed by atoms with Crippen LogP contribution in [0.2, 0.25) is 0 Å². The number of H-pyrrole nitrogens is 1. The Kier molecular flexibility index (Phi) is 9.90. The van der Waals surface area contributed by atoms with E-state index < -0.39 is 18.2 Å². The number of rotatable bonds is 8. The molecule has 0 atom stereocenters. The number of alkyl halides is 3. The van der Waals surface area contributed by atoms with Crippen molar-refractivity contribution in [3.8, 4) is 22.6 Å². The topological polar surface area (TPSA) is 143 Å². The van der Waals surface area contributed by atoms with Gasteiger partial charge in [0.15, 0.2) is 0 Å². The molecule has 0 fully saturated rings. The average Bonchev–Trinajstić information content (AvgIpc) is 3.37. The maximum atomic E-state index is 12.2. The molecule has 4 N–H and O–H groups in total. The van der Waals surface area contributed by atoms with Crippen LogP contribution in [0.3, 0.4) is 0 Å². The summed E-state index contributed by atoms with van der Waals surface area (Å²) in [6.07, 6.45) is -2.27. The van der Waals surface area contributed by atoms with Crippen molar-refractivity contribution in [1.82, 2.24) is 10.2 Å². The van der Waals surface area contributed by atoms with Gasteiger partial charge in [0, 0.05) is 11.8 Å². The first-order valence-electron chi connectivity index (χ1n) is 9.87. The van der Waals surface area contributed by atoms with Gasteiger partial charge in [-0.2, -0.15) is 18.3 Å². The largest absolute Gasteiger partial charge is 0.497 e. The summed E-state index contributed by atoms with van der Waals surface area (Å²) < 4.78 is 47.7. The summed E-state index contributed by atoms with van der Waals surface area (Å²) >= 11 is 0. The minimum atomic E-state index is -5.08. The Hall–Kier alpha value is -4.26. The summed E-state index contributed by atoms with van der Waals surface area (Å²) in [5, 5.41) is 25.5. The second kappa shape index (κ2) is 12.8. The van der Waals surface area contributed by atoms with E-state index in [0.29, 0.717) is 17.2 Å². The van der Waals surface area contributed by atoms with E-state index in [1.54, 1.807) is 37.7 Å². The lowest BCUT2D eigenvalue weighted by atomic mass is 10.1. The third-order valence-electron chi connectivity index (χ3n) is 4.15. The zero-order chi connectivity index (χ0) is 25.8. The lowest BCUT2D eigenvalue weighted by molar-refractivity contribution is -0.192. The summed E-state index contributed by atoms with van der Waals surface area (Å²) in [6, 6.07) is 12.6. The molecular weight excluding hydrogens is 475 g/mol. The SMILES string of the molecule is COc1cccc(COC(=O)Nc2ccc(-c3cn[nH]c3)cc2OCCO)c1.O=C(O)C(F)(F)F. The van der Waals surface area contributed by atoms with Crippen LogP contribution >= 0.6 is 0 Å². The number of methoxy groups -OCH3 is 1. The molecule has 13 heteroatoms. The van der Waals surface area contributed by atoms with Crippen molar-refractivity contribution in [3.63, 3.8) is 0 Å². The number of anilines is 1. The molecule has 188 valence electrons. The summed E-state index contributed by atoms with van der Waals surface area (Å²) in [7, 11) is 1.58. The number of benzene rings is 2. The number of aromatic nitrogens is 2. The Morgan fingerprint density at radius 1 is 1.14 bits per heavy atom. The van der Waals surface area contributed by atoms with E-state index in [2.05, 4.69) is 15.5 Å². The van der Waals surface area contributed by atoms with Crippen molar-refractivity contribution >= 4 is 17.7 Å². The van der Waals surface area contributed by atoms with Crippen molar-refractivity contribution in [1.29, 1.82) is 0 Å². The number of carboxylic acid groups (broad SMARTS) is 1. The number of halogens is 3. The predicted molar refractivity (Wildman–Crippen MR) is 117 cm³/mol.